The SMILES string of the molecule is CC(C)c1cccc(-n2nc(C(F)(F)F)cc2CNC(=O)C(C)c2ccc(CO)c(F)c2)c1. The lowest BCUT2D eigenvalue weighted by molar-refractivity contribution is -0.141. The van der Waals surface area contributed by atoms with Crippen molar-refractivity contribution < 1.29 is 27.5 Å². The number of hydrogen-bond acceptors (Lipinski definition) is 3. The van der Waals surface area contributed by atoms with E-state index >= 15 is 0 Å². The van der Waals surface area contributed by atoms with Crippen molar-refractivity contribution in [1.82, 2.24) is 15.1 Å². The van der Waals surface area contributed by atoms with Gasteiger partial charge in [-0.2, -0.15) is 18.3 Å². The molecule has 5 nitrogen and oxygen atoms in total. The molecule has 0 spiro atoms. The predicted molar refractivity (Wildman–Crippen MR) is 115 cm³/mol. The van der Waals surface area contributed by atoms with Crippen LogP contribution in [0.3, 0.4) is 0 Å². The van der Waals surface area contributed by atoms with Crippen LogP contribution in [0.2, 0.25) is 0 Å². The number of aliphatic hydroxyl groups excluding tert-OH is 1. The van der Waals surface area contributed by atoms with Gasteiger partial charge in [0.2, 0.25) is 5.91 Å². The lowest BCUT2D eigenvalue weighted by atomic mass is 9.98. The molecule has 0 radical (unpaired) electrons. The Labute approximate surface area is 189 Å². The number of alkyl halides is 3. The fourth-order valence-corrected chi connectivity index (χ4v) is 3.37. The molecule has 0 saturated carbocycles. The zero-order valence-electron chi connectivity index (χ0n) is 18.4. The molecule has 2 N–H and O–H groups in total. The fourth-order valence-electron chi connectivity index (χ4n) is 3.37. The molecule has 0 aliphatic carbocycles. The molecule has 3 aromatic rings. The Morgan fingerprint density at radius 3 is 2.42 bits per heavy atom. The number of rotatable bonds is 7. The predicted octanol–water partition coefficient (Wildman–Crippen LogP) is 5.07. The lowest BCUT2D eigenvalue weighted by Gasteiger charge is -2.15. The van der Waals surface area contributed by atoms with Gasteiger partial charge in [0.15, 0.2) is 5.69 Å². The fraction of sp³-hybridized carbons (Fsp3) is 0.333. The number of benzene rings is 2. The maximum absolute atomic E-state index is 14.0. The number of halogens is 4. The van der Waals surface area contributed by atoms with Crippen molar-refractivity contribution in [2.75, 3.05) is 0 Å². The third kappa shape index (κ3) is 5.60. The highest BCUT2D eigenvalue weighted by Gasteiger charge is 2.35. The van der Waals surface area contributed by atoms with Crippen molar-refractivity contribution in [3.8, 4) is 5.69 Å². The summed E-state index contributed by atoms with van der Waals surface area (Å²) < 4.78 is 55.1. The van der Waals surface area contributed by atoms with E-state index in [0.717, 1.165) is 11.6 Å². The molecular weight excluding hydrogens is 438 g/mol. The highest BCUT2D eigenvalue weighted by atomic mass is 19.4. The summed E-state index contributed by atoms with van der Waals surface area (Å²) in [6.07, 6.45) is -4.64. The van der Waals surface area contributed by atoms with Gasteiger partial charge in [-0.25, -0.2) is 9.07 Å². The Morgan fingerprint density at radius 2 is 1.82 bits per heavy atom. The number of carbonyl (C=O) groups is 1. The lowest BCUT2D eigenvalue weighted by Crippen LogP contribution is -2.28. The summed E-state index contributed by atoms with van der Waals surface area (Å²) >= 11 is 0. The number of aliphatic hydroxyl groups is 1. The smallest absolute Gasteiger partial charge is 0.392 e. The standard InChI is InChI=1S/C24H25F4N3O2/c1-14(2)16-5-4-6-19(9-16)31-20(11-22(30-31)24(26,27)28)12-29-23(33)15(3)17-7-8-18(13-32)21(25)10-17/h4-11,14-15,32H,12-13H2,1-3H3,(H,29,33). The number of amides is 1. The first-order valence-electron chi connectivity index (χ1n) is 10.4. The number of carbonyl (C=O) groups excluding carboxylic acids is 1. The van der Waals surface area contributed by atoms with Crippen molar-refractivity contribution in [3.05, 3.63) is 82.4 Å². The number of nitrogens with zero attached hydrogens (tertiary/aromatic N) is 2. The molecule has 0 bridgehead atoms. The Hall–Kier alpha value is -3.20. The summed E-state index contributed by atoms with van der Waals surface area (Å²) in [4.78, 5) is 12.6. The highest BCUT2D eigenvalue weighted by molar-refractivity contribution is 5.83. The molecular formula is C24H25F4N3O2. The van der Waals surface area contributed by atoms with E-state index in [1.54, 1.807) is 25.1 Å². The van der Waals surface area contributed by atoms with E-state index in [1.165, 1.54) is 22.9 Å². The van der Waals surface area contributed by atoms with Gasteiger partial charge in [-0.1, -0.05) is 38.1 Å². The Kier molecular flexibility index (Phi) is 7.22. The number of nitrogens with one attached hydrogen (secondary N) is 1. The van der Waals surface area contributed by atoms with Crippen LogP contribution in [0.15, 0.2) is 48.5 Å². The topological polar surface area (TPSA) is 67.2 Å². The van der Waals surface area contributed by atoms with Gasteiger partial charge in [-0.15, -0.1) is 0 Å². The normalized spacial score (nSPS) is 12.8. The van der Waals surface area contributed by atoms with Crippen LogP contribution in [-0.2, 0) is 24.1 Å². The molecule has 3 rings (SSSR count). The Balaban J connectivity index is 1.85. The van der Waals surface area contributed by atoms with Gasteiger partial charge in [0, 0.05) is 5.56 Å². The molecule has 0 aliphatic heterocycles. The van der Waals surface area contributed by atoms with Crippen LogP contribution in [0.25, 0.3) is 5.69 Å². The van der Waals surface area contributed by atoms with E-state index in [0.29, 0.717) is 11.3 Å². The maximum atomic E-state index is 14.0. The minimum atomic E-state index is -4.64. The quantitative estimate of drug-likeness (QED) is 0.481. The van der Waals surface area contributed by atoms with Crippen molar-refractivity contribution in [2.45, 2.75) is 51.9 Å². The van der Waals surface area contributed by atoms with Crippen molar-refractivity contribution >= 4 is 5.91 Å². The van der Waals surface area contributed by atoms with Crippen LogP contribution in [0, 0.1) is 5.82 Å². The first kappa shape index (κ1) is 24.4. The van der Waals surface area contributed by atoms with Crippen LogP contribution < -0.4 is 5.32 Å². The molecule has 1 aromatic heterocycles. The molecule has 176 valence electrons. The Bertz CT molecular complexity index is 1140. The van der Waals surface area contributed by atoms with Crippen LogP contribution >= 0.6 is 0 Å². The average Bonchev–Trinajstić information content (AvgIpc) is 3.22. The van der Waals surface area contributed by atoms with E-state index in [-0.39, 0.29) is 23.7 Å². The molecule has 1 heterocycles. The van der Waals surface area contributed by atoms with Gasteiger partial charge in [0.05, 0.1) is 30.5 Å². The highest BCUT2D eigenvalue weighted by Crippen LogP contribution is 2.30. The van der Waals surface area contributed by atoms with Gasteiger partial charge in [-0.3, -0.25) is 4.79 Å². The van der Waals surface area contributed by atoms with Gasteiger partial charge in [-0.05, 0) is 48.2 Å². The zero-order valence-corrected chi connectivity index (χ0v) is 18.4. The third-order valence-electron chi connectivity index (χ3n) is 5.44. The Morgan fingerprint density at radius 1 is 1.09 bits per heavy atom. The monoisotopic (exact) mass is 463 g/mol. The minimum absolute atomic E-state index is 0.110. The second kappa shape index (κ2) is 9.74. The minimum Gasteiger partial charge on any atom is -0.392 e. The summed E-state index contributed by atoms with van der Waals surface area (Å²) in [6, 6.07) is 12.0. The van der Waals surface area contributed by atoms with Gasteiger partial charge in [0.1, 0.15) is 5.82 Å². The zero-order chi connectivity index (χ0) is 24.3. The van der Waals surface area contributed by atoms with Crippen molar-refractivity contribution in [3.63, 3.8) is 0 Å². The van der Waals surface area contributed by atoms with Gasteiger partial charge in [0.25, 0.3) is 0 Å². The summed E-state index contributed by atoms with van der Waals surface area (Å²) in [5.41, 5.74) is 0.987. The summed E-state index contributed by atoms with van der Waals surface area (Å²) in [7, 11) is 0. The van der Waals surface area contributed by atoms with E-state index in [1.807, 2.05) is 19.9 Å². The molecule has 9 heteroatoms. The summed E-state index contributed by atoms with van der Waals surface area (Å²) in [5, 5.41) is 15.4. The maximum Gasteiger partial charge on any atom is 0.435 e. The second-order valence-corrected chi connectivity index (χ2v) is 8.13. The molecule has 1 atom stereocenters. The largest absolute Gasteiger partial charge is 0.435 e. The van der Waals surface area contributed by atoms with E-state index in [4.69, 9.17) is 5.11 Å². The summed E-state index contributed by atoms with van der Waals surface area (Å²) in [5.74, 6) is -1.70. The van der Waals surface area contributed by atoms with E-state index in [2.05, 4.69) is 10.4 Å². The molecule has 0 fully saturated rings. The molecule has 2 aromatic carbocycles. The van der Waals surface area contributed by atoms with Gasteiger partial charge >= 0.3 is 6.18 Å². The molecule has 1 unspecified atom stereocenters. The molecule has 0 saturated heterocycles. The van der Waals surface area contributed by atoms with E-state index < -0.39 is 36.1 Å². The van der Waals surface area contributed by atoms with Crippen LogP contribution in [0.1, 0.15) is 60.7 Å². The van der Waals surface area contributed by atoms with E-state index in [9.17, 15) is 22.4 Å². The third-order valence-corrected chi connectivity index (χ3v) is 5.44. The average molecular weight is 463 g/mol. The first-order chi connectivity index (χ1) is 15.5. The van der Waals surface area contributed by atoms with Gasteiger partial charge < -0.3 is 10.4 Å². The summed E-state index contributed by atoms with van der Waals surface area (Å²) in [6.45, 7) is 4.85. The number of aromatic nitrogens is 2. The van der Waals surface area contributed by atoms with Crippen LogP contribution in [0.5, 0.6) is 0 Å². The second-order valence-electron chi connectivity index (χ2n) is 8.13. The number of hydrogen-bond donors (Lipinski definition) is 2. The molecule has 0 aliphatic rings. The molecule has 1 amide bonds. The van der Waals surface area contributed by atoms with Crippen molar-refractivity contribution in [2.24, 2.45) is 0 Å². The van der Waals surface area contributed by atoms with Crippen molar-refractivity contribution in [1.29, 1.82) is 0 Å². The first-order valence-corrected chi connectivity index (χ1v) is 10.4. The van der Waals surface area contributed by atoms with Crippen LogP contribution in [0.4, 0.5) is 17.6 Å². The van der Waals surface area contributed by atoms with Crippen LogP contribution in [-0.4, -0.2) is 20.8 Å². The molecule has 33 heavy (non-hydrogen) atoms.